The van der Waals surface area contributed by atoms with E-state index in [2.05, 4.69) is 17.2 Å². The Hall–Kier alpha value is -1.40. The minimum absolute atomic E-state index is 0.199. The molecule has 2 amide bonds. The van der Waals surface area contributed by atoms with E-state index in [0.29, 0.717) is 5.57 Å². The minimum Gasteiger partial charge on any atom is -0.388 e. The molecule has 0 bridgehead atoms. The standard InChI is InChI=1S/C18H28N2O4/c1-10-13(15(21)19-8-17(2,23)11-4-5-11)14(10)16(22)20-9-18(3,24)12-6-7-12/h11-14,23-24H,1,4-9H2,2-3H3,(H,19,21)(H,20,22). The van der Waals surface area contributed by atoms with Crippen molar-refractivity contribution in [1.82, 2.24) is 10.6 Å². The van der Waals surface area contributed by atoms with E-state index in [1.165, 1.54) is 0 Å². The zero-order chi connectivity index (χ0) is 17.7. The molecule has 0 radical (unpaired) electrons. The van der Waals surface area contributed by atoms with Crippen molar-refractivity contribution in [2.45, 2.75) is 50.7 Å². The van der Waals surface area contributed by atoms with E-state index >= 15 is 0 Å². The van der Waals surface area contributed by atoms with Crippen molar-refractivity contribution in [3.05, 3.63) is 12.2 Å². The Bertz CT molecular complexity index is 513. The highest BCUT2D eigenvalue weighted by Gasteiger charge is 2.53. The van der Waals surface area contributed by atoms with Crippen LogP contribution in [0, 0.1) is 23.7 Å². The van der Waals surface area contributed by atoms with Crippen LogP contribution in [0.25, 0.3) is 0 Å². The highest BCUT2D eigenvalue weighted by atomic mass is 16.3. The van der Waals surface area contributed by atoms with Gasteiger partial charge in [-0.2, -0.15) is 0 Å². The number of rotatable bonds is 8. The number of nitrogens with one attached hydrogen (secondary N) is 2. The fourth-order valence-corrected chi connectivity index (χ4v) is 3.41. The smallest absolute Gasteiger partial charge is 0.228 e. The molecule has 3 fully saturated rings. The van der Waals surface area contributed by atoms with Gasteiger partial charge in [-0.05, 0) is 51.4 Å². The molecular formula is C18H28N2O4. The Morgan fingerprint density at radius 3 is 1.58 bits per heavy atom. The van der Waals surface area contributed by atoms with Gasteiger partial charge in [-0.15, -0.1) is 0 Å². The second-order valence-electron chi connectivity index (χ2n) is 8.23. The van der Waals surface area contributed by atoms with Crippen LogP contribution in [0.15, 0.2) is 12.2 Å². The summed E-state index contributed by atoms with van der Waals surface area (Å²) in [6.07, 6.45) is 3.96. The molecule has 3 rings (SSSR count). The maximum absolute atomic E-state index is 12.2. The van der Waals surface area contributed by atoms with Gasteiger partial charge in [0.1, 0.15) is 0 Å². The van der Waals surface area contributed by atoms with Gasteiger partial charge in [0, 0.05) is 13.1 Å². The highest BCUT2D eigenvalue weighted by molar-refractivity contribution is 5.99. The molecule has 3 aliphatic carbocycles. The molecule has 0 aromatic carbocycles. The third kappa shape index (κ3) is 3.64. The molecule has 4 unspecified atom stereocenters. The van der Waals surface area contributed by atoms with Gasteiger partial charge < -0.3 is 20.8 Å². The van der Waals surface area contributed by atoms with E-state index in [1.807, 2.05) is 0 Å². The number of aliphatic hydroxyl groups is 2. The largest absolute Gasteiger partial charge is 0.388 e. The topological polar surface area (TPSA) is 98.7 Å². The number of hydrogen-bond donors (Lipinski definition) is 4. The quantitative estimate of drug-likeness (QED) is 0.481. The van der Waals surface area contributed by atoms with Crippen molar-refractivity contribution in [2.24, 2.45) is 23.7 Å². The molecule has 3 saturated carbocycles. The summed E-state index contributed by atoms with van der Waals surface area (Å²) in [5, 5.41) is 26.0. The third-order valence-corrected chi connectivity index (χ3v) is 5.74. The molecule has 0 spiro atoms. The van der Waals surface area contributed by atoms with Gasteiger partial charge in [0.05, 0.1) is 23.0 Å². The van der Waals surface area contributed by atoms with Gasteiger partial charge in [-0.25, -0.2) is 0 Å². The molecular weight excluding hydrogens is 308 g/mol. The molecule has 6 nitrogen and oxygen atoms in total. The Morgan fingerprint density at radius 2 is 1.29 bits per heavy atom. The van der Waals surface area contributed by atoms with Crippen LogP contribution in [-0.4, -0.2) is 46.3 Å². The second kappa shape index (κ2) is 5.85. The van der Waals surface area contributed by atoms with Crippen molar-refractivity contribution >= 4 is 11.8 Å². The zero-order valence-electron chi connectivity index (χ0n) is 14.5. The van der Waals surface area contributed by atoms with Crippen LogP contribution in [0.3, 0.4) is 0 Å². The van der Waals surface area contributed by atoms with Gasteiger partial charge in [0.2, 0.25) is 11.8 Å². The van der Waals surface area contributed by atoms with Crippen molar-refractivity contribution in [2.75, 3.05) is 13.1 Å². The first kappa shape index (κ1) is 17.4. The predicted molar refractivity (Wildman–Crippen MR) is 88.8 cm³/mol. The lowest BCUT2D eigenvalue weighted by Gasteiger charge is -2.23. The number of carbonyl (C=O) groups excluding carboxylic acids is 2. The van der Waals surface area contributed by atoms with Crippen molar-refractivity contribution in [3.8, 4) is 0 Å². The summed E-state index contributed by atoms with van der Waals surface area (Å²) in [7, 11) is 0. The molecule has 0 aromatic heterocycles. The van der Waals surface area contributed by atoms with E-state index in [9.17, 15) is 19.8 Å². The fourth-order valence-electron chi connectivity index (χ4n) is 3.41. The first-order valence-electron chi connectivity index (χ1n) is 8.82. The number of hydrogen-bond acceptors (Lipinski definition) is 4. The van der Waals surface area contributed by atoms with Gasteiger partial charge in [-0.3, -0.25) is 9.59 Å². The average Bonchev–Trinajstić information content (AvgIpc) is 3.37. The lowest BCUT2D eigenvalue weighted by Crippen LogP contribution is -2.44. The van der Waals surface area contributed by atoms with Gasteiger partial charge in [0.15, 0.2) is 0 Å². The van der Waals surface area contributed by atoms with Crippen molar-refractivity contribution in [1.29, 1.82) is 0 Å². The molecule has 4 atom stereocenters. The van der Waals surface area contributed by atoms with E-state index in [4.69, 9.17) is 0 Å². The van der Waals surface area contributed by atoms with Crippen LogP contribution in [0.2, 0.25) is 0 Å². The van der Waals surface area contributed by atoms with Crippen LogP contribution in [0.4, 0.5) is 0 Å². The van der Waals surface area contributed by atoms with Crippen LogP contribution < -0.4 is 10.6 Å². The van der Waals surface area contributed by atoms with Crippen molar-refractivity contribution in [3.63, 3.8) is 0 Å². The van der Waals surface area contributed by atoms with Crippen molar-refractivity contribution < 1.29 is 19.8 Å². The SMILES string of the molecule is C=C1C(C(=O)NCC(C)(O)C2CC2)C1C(=O)NCC(C)(O)C1CC1. The monoisotopic (exact) mass is 336 g/mol. The first-order chi connectivity index (χ1) is 11.1. The Morgan fingerprint density at radius 1 is 0.958 bits per heavy atom. The third-order valence-electron chi connectivity index (χ3n) is 5.74. The maximum Gasteiger partial charge on any atom is 0.228 e. The lowest BCUT2D eigenvalue weighted by atomic mass is 10.0. The fraction of sp³-hybridized carbons (Fsp3) is 0.778. The Kier molecular flexibility index (Phi) is 4.24. The van der Waals surface area contributed by atoms with Gasteiger partial charge in [0.25, 0.3) is 0 Å². The zero-order valence-corrected chi connectivity index (χ0v) is 14.5. The second-order valence-corrected chi connectivity index (χ2v) is 8.23. The molecule has 134 valence electrons. The Labute approximate surface area is 142 Å². The van der Waals surface area contributed by atoms with E-state index < -0.39 is 23.0 Å². The molecule has 6 heteroatoms. The molecule has 4 N–H and O–H groups in total. The molecule has 0 aliphatic heterocycles. The molecule has 24 heavy (non-hydrogen) atoms. The minimum atomic E-state index is -0.882. The molecule has 0 saturated heterocycles. The van der Waals surface area contributed by atoms with Gasteiger partial charge >= 0.3 is 0 Å². The highest BCUT2D eigenvalue weighted by Crippen LogP contribution is 2.45. The Balaban J connectivity index is 1.44. The molecule has 0 heterocycles. The van der Waals surface area contributed by atoms with E-state index in [-0.39, 0.29) is 36.7 Å². The van der Waals surface area contributed by atoms with Crippen LogP contribution in [0.5, 0.6) is 0 Å². The predicted octanol–water partition coefficient (Wildman–Crippen LogP) is 0.343. The number of carbonyl (C=O) groups is 2. The molecule has 0 aromatic rings. The first-order valence-corrected chi connectivity index (χ1v) is 8.82. The summed E-state index contributed by atoms with van der Waals surface area (Å²) in [4.78, 5) is 24.5. The summed E-state index contributed by atoms with van der Waals surface area (Å²) in [5.74, 6) is -1.05. The summed E-state index contributed by atoms with van der Waals surface area (Å²) < 4.78 is 0. The van der Waals surface area contributed by atoms with Crippen LogP contribution >= 0.6 is 0 Å². The van der Waals surface area contributed by atoms with E-state index in [0.717, 1.165) is 25.7 Å². The van der Waals surface area contributed by atoms with Crippen LogP contribution in [0.1, 0.15) is 39.5 Å². The summed E-state index contributed by atoms with van der Waals surface area (Å²) in [6, 6.07) is 0. The summed E-state index contributed by atoms with van der Waals surface area (Å²) in [5.41, 5.74) is -1.17. The molecule has 3 aliphatic rings. The maximum atomic E-state index is 12.2. The summed E-state index contributed by atoms with van der Waals surface area (Å²) in [6.45, 7) is 7.67. The van der Waals surface area contributed by atoms with E-state index in [1.54, 1.807) is 13.8 Å². The summed E-state index contributed by atoms with van der Waals surface area (Å²) >= 11 is 0. The number of amides is 2. The normalized spacial score (nSPS) is 30.9. The van der Waals surface area contributed by atoms with Crippen LogP contribution in [-0.2, 0) is 9.59 Å². The van der Waals surface area contributed by atoms with Gasteiger partial charge in [-0.1, -0.05) is 12.2 Å². The lowest BCUT2D eigenvalue weighted by molar-refractivity contribution is -0.128. The average molecular weight is 336 g/mol.